The first-order chi connectivity index (χ1) is 8.31. The first-order valence-electron chi connectivity index (χ1n) is 7.07. The fourth-order valence-electron chi connectivity index (χ4n) is 3.42. The molecule has 0 N–H and O–H groups in total. The van der Waals surface area contributed by atoms with E-state index >= 15 is 0 Å². The molecule has 0 spiro atoms. The van der Waals surface area contributed by atoms with Gasteiger partial charge in [-0.3, -0.25) is 14.6 Å². The van der Waals surface area contributed by atoms with Crippen LogP contribution in [-0.2, 0) is 4.79 Å². The topological polar surface area (TPSA) is 26.8 Å². The molecule has 2 aliphatic heterocycles. The summed E-state index contributed by atoms with van der Waals surface area (Å²) in [4.78, 5) is 18.8. The van der Waals surface area contributed by atoms with E-state index in [1.54, 1.807) is 6.92 Å². The number of hydrogen-bond acceptors (Lipinski definition) is 3. The highest BCUT2D eigenvalue weighted by Crippen LogP contribution is 2.28. The number of hydrogen-bond donors (Lipinski definition) is 0. The fraction of sp³-hybridized carbons (Fsp3) is 0.929. The Morgan fingerprint density at radius 2 is 1.89 bits per heavy atom. The van der Waals surface area contributed by atoms with Gasteiger partial charge in [-0.15, -0.1) is 0 Å². The van der Waals surface area contributed by atoms with Gasteiger partial charge in [0.2, 0.25) is 5.91 Å². The molecule has 0 aromatic heterocycles. The van der Waals surface area contributed by atoms with E-state index < -0.39 is 0 Å². The number of piperazine rings is 2. The van der Waals surface area contributed by atoms with Crippen LogP contribution in [0.5, 0.6) is 0 Å². The van der Waals surface area contributed by atoms with Crippen LogP contribution in [0.15, 0.2) is 0 Å². The molecule has 1 unspecified atom stereocenters. The molecule has 4 nitrogen and oxygen atoms in total. The van der Waals surface area contributed by atoms with Crippen LogP contribution < -0.4 is 0 Å². The Hall–Kier alpha value is -0.610. The van der Waals surface area contributed by atoms with E-state index in [4.69, 9.17) is 0 Å². The summed E-state index contributed by atoms with van der Waals surface area (Å²) in [7, 11) is 0. The van der Waals surface area contributed by atoms with Gasteiger partial charge in [0.15, 0.2) is 0 Å². The molecule has 2 heterocycles. The molecule has 18 heavy (non-hydrogen) atoms. The summed E-state index contributed by atoms with van der Waals surface area (Å²) < 4.78 is 0. The van der Waals surface area contributed by atoms with Crippen LogP contribution in [-0.4, -0.2) is 71.0 Å². The van der Waals surface area contributed by atoms with Crippen LogP contribution in [0.3, 0.4) is 0 Å². The molecule has 0 aliphatic carbocycles. The molecule has 2 saturated heterocycles. The molecule has 0 aromatic carbocycles. The van der Waals surface area contributed by atoms with Gasteiger partial charge in [-0.2, -0.15) is 0 Å². The van der Waals surface area contributed by atoms with Gasteiger partial charge < -0.3 is 4.90 Å². The van der Waals surface area contributed by atoms with E-state index in [1.165, 1.54) is 0 Å². The molecular weight excluding hydrogens is 226 g/mol. The molecule has 0 radical (unpaired) electrons. The van der Waals surface area contributed by atoms with Gasteiger partial charge in [0.25, 0.3) is 0 Å². The summed E-state index contributed by atoms with van der Waals surface area (Å²) >= 11 is 0. The summed E-state index contributed by atoms with van der Waals surface area (Å²) in [6.45, 7) is 15.8. The van der Waals surface area contributed by atoms with Gasteiger partial charge in [-0.25, -0.2) is 0 Å². The fourth-order valence-corrected chi connectivity index (χ4v) is 3.42. The Labute approximate surface area is 111 Å². The Morgan fingerprint density at radius 3 is 2.44 bits per heavy atom. The third-order valence-electron chi connectivity index (χ3n) is 4.48. The van der Waals surface area contributed by atoms with Crippen molar-refractivity contribution in [1.29, 1.82) is 0 Å². The average Bonchev–Trinajstić information content (AvgIpc) is 2.27. The predicted octanol–water partition coefficient (Wildman–Crippen LogP) is 1.02. The van der Waals surface area contributed by atoms with Crippen molar-refractivity contribution in [2.24, 2.45) is 0 Å². The van der Waals surface area contributed by atoms with Gasteiger partial charge in [0, 0.05) is 57.3 Å². The molecule has 0 bridgehead atoms. The summed E-state index contributed by atoms with van der Waals surface area (Å²) in [6, 6.07) is 1.09. The van der Waals surface area contributed by atoms with Gasteiger partial charge in [-0.05, 0) is 27.7 Å². The molecule has 2 rings (SSSR count). The molecule has 0 saturated carbocycles. The Kier molecular flexibility index (Phi) is 3.70. The Balaban J connectivity index is 2.13. The Morgan fingerprint density at radius 1 is 1.22 bits per heavy atom. The number of rotatable bonds is 1. The largest absolute Gasteiger partial charge is 0.339 e. The third-order valence-corrected chi connectivity index (χ3v) is 4.48. The summed E-state index contributed by atoms with van der Waals surface area (Å²) in [5, 5.41) is 0. The first-order valence-corrected chi connectivity index (χ1v) is 7.07. The van der Waals surface area contributed by atoms with Crippen molar-refractivity contribution in [1.82, 2.24) is 14.7 Å². The highest BCUT2D eigenvalue weighted by atomic mass is 16.2. The smallest absolute Gasteiger partial charge is 0.219 e. The van der Waals surface area contributed by atoms with E-state index in [0.29, 0.717) is 12.1 Å². The van der Waals surface area contributed by atoms with Crippen LogP contribution in [0.4, 0.5) is 0 Å². The van der Waals surface area contributed by atoms with Crippen molar-refractivity contribution in [2.75, 3.05) is 32.7 Å². The lowest BCUT2D eigenvalue weighted by molar-refractivity contribution is -0.139. The zero-order chi connectivity index (χ0) is 13.5. The Bertz CT molecular complexity index is 327. The minimum absolute atomic E-state index is 0.109. The van der Waals surface area contributed by atoms with Crippen molar-refractivity contribution in [3.8, 4) is 0 Å². The lowest BCUT2D eigenvalue weighted by atomic mass is 9.92. The van der Waals surface area contributed by atoms with E-state index in [2.05, 4.69) is 37.5 Å². The van der Waals surface area contributed by atoms with E-state index in [1.807, 2.05) is 4.90 Å². The normalized spacial score (nSPS) is 29.4. The maximum Gasteiger partial charge on any atom is 0.219 e. The number of nitrogens with zero attached hydrogens (tertiary/aromatic N) is 3. The molecule has 104 valence electrons. The van der Waals surface area contributed by atoms with Gasteiger partial charge in [-0.1, -0.05) is 0 Å². The van der Waals surface area contributed by atoms with Crippen LogP contribution in [0, 0.1) is 0 Å². The molecule has 2 fully saturated rings. The van der Waals surface area contributed by atoms with Crippen molar-refractivity contribution >= 4 is 5.91 Å². The molecule has 0 aromatic rings. The zero-order valence-electron chi connectivity index (χ0n) is 12.4. The van der Waals surface area contributed by atoms with Crippen LogP contribution in [0.2, 0.25) is 0 Å². The molecular formula is C14H27N3O. The average molecular weight is 253 g/mol. The second kappa shape index (κ2) is 4.82. The number of amides is 1. The maximum absolute atomic E-state index is 11.7. The second-order valence-electron chi connectivity index (χ2n) is 6.65. The van der Waals surface area contributed by atoms with E-state index in [-0.39, 0.29) is 11.4 Å². The third kappa shape index (κ3) is 2.54. The molecule has 2 aliphatic rings. The second-order valence-corrected chi connectivity index (χ2v) is 6.65. The highest BCUT2D eigenvalue weighted by Gasteiger charge is 2.43. The first kappa shape index (κ1) is 13.8. The van der Waals surface area contributed by atoms with Crippen LogP contribution in [0.25, 0.3) is 0 Å². The number of fused-ring (bicyclic) bond motifs is 1. The van der Waals surface area contributed by atoms with Gasteiger partial charge >= 0.3 is 0 Å². The zero-order valence-corrected chi connectivity index (χ0v) is 12.4. The van der Waals surface area contributed by atoms with E-state index in [0.717, 1.165) is 32.7 Å². The minimum Gasteiger partial charge on any atom is -0.339 e. The number of carbonyl (C=O) groups is 1. The summed E-state index contributed by atoms with van der Waals surface area (Å²) in [5.74, 6) is 0.212. The van der Waals surface area contributed by atoms with Crippen LogP contribution >= 0.6 is 0 Å². The van der Waals surface area contributed by atoms with Gasteiger partial charge in [0.05, 0.1) is 0 Å². The lowest BCUT2D eigenvalue weighted by Crippen LogP contribution is -2.70. The van der Waals surface area contributed by atoms with Crippen molar-refractivity contribution in [3.63, 3.8) is 0 Å². The predicted molar refractivity (Wildman–Crippen MR) is 73.5 cm³/mol. The quantitative estimate of drug-likeness (QED) is 0.698. The van der Waals surface area contributed by atoms with Crippen LogP contribution in [0.1, 0.15) is 34.6 Å². The molecule has 1 amide bonds. The highest BCUT2D eigenvalue weighted by molar-refractivity contribution is 5.73. The van der Waals surface area contributed by atoms with Crippen molar-refractivity contribution in [3.05, 3.63) is 0 Å². The monoisotopic (exact) mass is 253 g/mol. The van der Waals surface area contributed by atoms with Crippen molar-refractivity contribution in [2.45, 2.75) is 52.2 Å². The standard InChI is InChI=1S/C14H27N3O/c1-11(2)15-6-7-17-13(8-15)9-16(12(3)18)10-14(17,4)5/h11,13H,6-10H2,1-5H3. The SMILES string of the molecule is CC(=O)N1CC2CN(C(C)C)CCN2C(C)(C)C1. The van der Waals surface area contributed by atoms with Gasteiger partial charge in [0.1, 0.15) is 0 Å². The number of carbonyl (C=O) groups excluding carboxylic acids is 1. The maximum atomic E-state index is 11.7. The van der Waals surface area contributed by atoms with Crippen molar-refractivity contribution < 1.29 is 4.79 Å². The minimum atomic E-state index is 0.109. The molecule has 1 atom stereocenters. The van der Waals surface area contributed by atoms with E-state index in [9.17, 15) is 4.79 Å². The molecule has 4 heteroatoms. The lowest BCUT2D eigenvalue weighted by Gasteiger charge is -2.56. The summed E-state index contributed by atoms with van der Waals surface area (Å²) in [5.41, 5.74) is 0.109. The summed E-state index contributed by atoms with van der Waals surface area (Å²) in [6.07, 6.45) is 0.